The average Bonchev–Trinajstić information content (AvgIpc) is 3.77. The number of para-hydroxylation sites is 5. The molecule has 244 valence electrons. The Morgan fingerprint density at radius 1 is 0.415 bits per heavy atom. The standard InChI is InChI=1S/C48H28BN3O/c1-2-13-29(14-3-1)50-37-21-7-4-16-31(37)34-19-11-25-42(47(34)50)51-40-23-10-18-33-30-15-5-8-22-38(30)52-39-28-27-35-32-17-6-9-26-43(32)53-48(35)44(39)36-20-12-24-41(51)46(36)49(52)45(33)40/h1-28H. The summed E-state index contributed by atoms with van der Waals surface area (Å²) in [6, 6.07) is 62.1. The Bertz CT molecular complexity index is 3210. The number of fused-ring (bicyclic) bond motifs is 13. The first-order valence-electron chi connectivity index (χ1n) is 18.3. The SMILES string of the molecule is c1ccc(-n2c3ccccc3c3cccc(N4c5cccc6c5B5c7c(cccc74)-c4c(ccc7c4oc4ccccc47)N5c4ccccc4-6)c32)cc1. The molecule has 10 aromatic rings. The second kappa shape index (κ2) is 9.87. The predicted octanol–water partition coefficient (Wildman–Crippen LogP) is 11.4. The Morgan fingerprint density at radius 3 is 1.94 bits per heavy atom. The van der Waals surface area contributed by atoms with Gasteiger partial charge in [-0.2, -0.15) is 0 Å². The van der Waals surface area contributed by atoms with Crippen LogP contribution in [0.3, 0.4) is 0 Å². The quantitative estimate of drug-likeness (QED) is 0.171. The van der Waals surface area contributed by atoms with Crippen LogP contribution in [0.4, 0.5) is 28.4 Å². The molecule has 3 aliphatic rings. The Hall–Kier alpha value is -6.98. The zero-order chi connectivity index (χ0) is 34.4. The van der Waals surface area contributed by atoms with Gasteiger partial charge < -0.3 is 18.7 Å². The largest absolute Gasteiger partial charge is 0.455 e. The number of hydrogen-bond acceptors (Lipinski definition) is 3. The molecule has 13 rings (SSSR count). The lowest BCUT2D eigenvalue weighted by Crippen LogP contribution is -2.63. The van der Waals surface area contributed by atoms with Gasteiger partial charge in [0.1, 0.15) is 11.2 Å². The summed E-state index contributed by atoms with van der Waals surface area (Å²) in [5.41, 5.74) is 18.9. The molecule has 0 unspecified atom stereocenters. The van der Waals surface area contributed by atoms with Crippen LogP contribution < -0.4 is 20.6 Å². The molecule has 53 heavy (non-hydrogen) atoms. The maximum Gasteiger partial charge on any atom is 0.333 e. The molecule has 0 amide bonds. The molecule has 4 nitrogen and oxygen atoms in total. The average molecular weight is 674 g/mol. The molecule has 0 N–H and O–H groups in total. The molecule has 0 bridgehead atoms. The van der Waals surface area contributed by atoms with Crippen LogP contribution in [0.15, 0.2) is 174 Å². The zero-order valence-corrected chi connectivity index (χ0v) is 28.5. The monoisotopic (exact) mass is 673 g/mol. The second-order valence-corrected chi connectivity index (χ2v) is 14.4. The molecule has 5 heterocycles. The van der Waals surface area contributed by atoms with E-state index in [0.717, 1.165) is 38.9 Å². The van der Waals surface area contributed by atoms with Crippen LogP contribution in [0.5, 0.6) is 0 Å². The van der Waals surface area contributed by atoms with Crippen LogP contribution in [-0.4, -0.2) is 11.4 Å². The maximum atomic E-state index is 6.82. The highest BCUT2D eigenvalue weighted by atomic mass is 16.3. The molecule has 2 aromatic heterocycles. The van der Waals surface area contributed by atoms with Gasteiger partial charge in [0.05, 0.1) is 16.7 Å². The molecular formula is C48H28BN3O. The number of nitrogens with zero attached hydrogens (tertiary/aromatic N) is 3. The van der Waals surface area contributed by atoms with Crippen molar-refractivity contribution in [3.8, 4) is 27.9 Å². The summed E-state index contributed by atoms with van der Waals surface area (Å²) >= 11 is 0. The number of furan rings is 1. The Balaban J connectivity index is 1.20. The van der Waals surface area contributed by atoms with Crippen LogP contribution in [0.1, 0.15) is 0 Å². The van der Waals surface area contributed by atoms with E-state index < -0.39 is 0 Å². The van der Waals surface area contributed by atoms with Gasteiger partial charge in [-0.05, 0) is 82.7 Å². The van der Waals surface area contributed by atoms with Gasteiger partial charge >= 0.3 is 6.85 Å². The summed E-state index contributed by atoms with van der Waals surface area (Å²) < 4.78 is 9.27. The number of aromatic nitrogens is 1. The summed E-state index contributed by atoms with van der Waals surface area (Å²) in [6.07, 6.45) is 0. The van der Waals surface area contributed by atoms with Crippen LogP contribution in [0.2, 0.25) is 0 Å². The minimum absolute atomic E-state index is 0.00735. The first-order valence-corrected chi connectivity index (χ1v) is 18.3. The third kappa shape index (κ3) is 3.38. The molecule has 8 aromatic carbocycles. The van der Waals surface area contributed by atoms with E-state index in [0.29, 0.717) is 0 Å². The van der Waals surface area contributed by atoms with Crippen molar-refractivity contribution in [1.29, 1.82) is 0 Å². The third-order valence-electron chi connectivity index (χ3n) is 11.9. The number of benzene rings is 8. The minimum atomic E-state index is -0.00735. The smallest absolute Gasteiger partial charge is 0.333 e. The van der Waals surface area contributed by atoms with E-state index in [1.807, 2.05) is 0 Å². The van der Waals surface area contributed by atoms with E-state index in [2.05, 4.69) is 184 Å². The summed E-state index contributed by atoms with van der Waals surface area (Å²) in [5.74, 6) is 0. The molecule has 0 radical (unpaired) electrons. The van der Waals surface area contributed by atoms with E-state index in [-0.39, 0.29) is 6.85 Å². The van der Waals surface area contributed by atoms with Gasteiger partial charge in [0.2, 0.25) is 0 Å². The Morgan fingerprint density at radius 2 is 1.06 bits per heavy atom. The first kappa shape index (κ1) is 27.7. The molecule has 5 heteroatoms. The van der Waals surface area contributed by atoms with Gasteiger partial charge in [0.25, 0.3) is 0 Å². The molecule has 0 spiro atoms. The van der Waals surface area contributed by atoms with Crippen molar-refractivity contribution in [2.75, 3.05) is 9.71 Å². The van der Waals surface area contributed by atoms with Crippen molar-refractivity contribution in [2.24, 2.45) is 0 Å². The number of anilines is 5. The van der Waals surface area contributed by atoms with Crippen molar-refractivity contribution in [3.05, 3.63) is 170 Å². The fourth-order valence-corrected chi connectivity index (χ4v) is 9.90. The van der Waals surface area contributed by atoms with Crippen LogP contribution in [0, 0.1) is 0 Å². The number of rotatable bonds is 2. The van der Waals surface area contributed by atoms with Gasteiger partial charge in [-0.25, -0.2) is 0 Å². The second-order valence-electron chi connectivity index (χ2n) is 14.4. The van der Waals surface area contributed by atoms with Gasteiger partial charge in [0.15, 0.2) is 0 Å². The fraction of sp³-hybridized carbons (Fsp3) is 0. The first-order chi connectivity index (χ1) is 26.3. The van der Waals surface area contributed by atoms with Gasteiger partial charge in [-0.3, -0.25) is 0 Å². The summed E-state index contributed by atoms with van der Waals surface area (Å²) in [7, 11) is 0. The van der Waals surface area contributed by atoms with E-state index in [1.165, 1.54) is 72.2 Å². The maximum absolute atomic E-state index is 6.82. The van der Waals surface area contributed by atoms with Crippen molar-refractivity contribution in [1.82, 2.24) is 4.57 Å². The predicted molar refractivity (Wildman–Crippen MR) is 221 cm³/mol. The highest BCUT2D eigenvalue weighted by Crippen LogP contribution is 2.54. The van der Waals surface area contributed by atoms with Crippen molar-refractivity contribution in [2.45, 2.75) is 0 Å². The van der Waals surface area contributed by atoms with Gasteiger partial charge in [0, 0.05) is 61.1 Å². The summed E-state index contributed by atoms with van der Waals surface area (Å²) in [4.78, 5) is 5.14. The van der Waals surface area contributed by atoms with E-state index in [1.54, 1.807) is 0 Å². The van der Waals surface area contributed by atoms with E-state index in [9.17, 15) is 0 Å². The highest BCUT2D eigenvalue weighted by molar-refractivity contribution is 6.95. The van der Waals surface area contributed by atoms with Crippen molar-refractivity contribution < 1.29 is 4.42 Å². The van der Waals surface area contributed by atoms with E-state index >= 15 is 0 Å². The molecule has 0 aliphatic carbocycles. The summed E-state index contributed by atoms with van der Waals surface area (Å²) in [6.45, 7) is -0.00735. The molecule has 0 fully saturated rings. The Labute approximate surface area is 305 Å². The highest BCUT2D eigenvalue weighted by Gasteiger charge is 2.49. The lowest BCUT2D eigenvalue weighted by atomic mass is 9.41. The van der Waals surface area contributed by atoms with Gasteiger partial charge in [-0.1, -0.05) is 109 Å². The third-order valence-corrected chi connectivity index (χ3v) is 11.9. The molecular weight excluding hydrogens is 645 g/mol. The van der Waals surface area contributed by atoms with Gasteiger partial charge in [-0.15, -0.1) is 0 Å². The minimum Gasteiger partial charge on any atom is -0.455 e. The molecule has 0 saturated heterocycles. The van der Waals surface area contributed by atoms with E-state index in [4.69, 9.17) is 4.42 Å². The lowest BCUT2D eigenvalue weighted by Gasteiger charge is -2.49. The molecule has 0 atom stereocenters. The zero-order valence-electron chi connectivity index (χ0n) is 28.5. The lowest BCUT2D eigenvalue weighted by molar-refractivity contribution is 0.670. The van der Waals surface area contributed by atoms with Crippen molar-refractivity contribution in [3.63, 3.8) is 0 Å². The topological polar surface area (TPSA) is 24.6 Å². The van der Waals surface area contributed by atoms with Crippen LogP contribution >= 0.6 is 0 Å². The van der Waals surface area contributed by atoms with Crippen LogP contribution in [-0.2, 0) is 0 Å². The summed E-state index contributed by atoms with van der Waals surface area (Å²) in [5, 5.41) is 4.77. The molecule has 3 aliphatic heterocycles. The fourth-order valence-electron chi connectivity index (χ4n) is 9.90. The Kier molecular flexibility index (Phi) is 5.16. The molecule has 0 saturated carbocycles. The normalized spacial score (nSPS) is 13.5. The number of hydrogen-bond donors (Lipinski definition) is 0. The van der Waals surface area contributed by atoms with Crippen LogP contribution in [0.25, 0.3) is 71.7 Å². The van der Waals surface area contributed by atoms with Crippen molar-refractivity contribution >= 4 is 90.0 Å².